The van der Waals surface area contributed by atoms with Gasteiger partial charge in [0, 0.05) is 25.6 Å². The van der Waals surface area contributed by atoms with Crippen LogP contribution in [0, 0.1) is 5.92 Å². The molecule has 0 saturated carbocycles. The standard InChI is InChI=1S/C14H22N2O2/c1-3-13-12(6-9-18-13)14(17)16-7-4-11(5-8-16)10(2)15/h6,9-11H,3-5,7-8,15H2,1-2H3. The van der Waals surface area contributed by atoms with Crippen LogP contribution in [-0.4, -0.2) is 29.9 Å². The van der Waals surface area contributed by atoms with Crippen molar-refractivity contribution in [3.05, 3.63) is 23.7 Å². The highest BCUT2D eigenvalue weighted by Gasteiger charge is 2.27. The summed E-state index contributed by atoms with van der Waals surface area (Å²) in [6.45, 7) is 5.66. The second kappa shape index (κ2) is 5.57. The molecule has 1 unspecified atom stereocenters. The Morgan fingerprint density at radius 2 is 2.22 bits per heavy atom. The fourth-order valence-corrected chi connectivity index (χ4v) is 2.60. The number of nitrogens with zero attached hydrogens (tertiary/aromatic N) is 1. The molecule has 18 heavy (non-hydrogen) atoms. The Kier molecular flexibility index (Phi) is 4.07. The molecule has 2 rings (SSSR count). The average molecular weight is 250 g/mol. The first-order chi connectivity index (χ1) is 8.63. The second-order valence-corrected chi connectivity index (χ2v) is 5.10. The van der Waals surface area contributed by atoms with Crippen LogP contribution in [0.25, 0.3) is 0 Å². The highest BCUT2D eigenvalue weighted by atomic mass is 16.3. The zero-order valence-corrected chi connectivity index (χ0v) is 11.2. The number of piperidine rings is 1. The third-order valence-electron chi connectivity index (χ3n) is 3.87. The van der Waals surface area contributed by atoms with Crippen molar-refractivity contribution in [1.82, 2.24) is 4.90 Å². The van der Waals surface area contributed by atoms with Gasteiger partial charge in [0.2, 0.25) is 0 Å². The largest absolute Gasteiger partial charge is 0.469 e. The van der Waals surface area contributed by atoms with Crippen molar-refractivity contribution >= 4 is 5.91 Å². The minimum Gasteiger partial charge on any atom is -0.469 e. The smallest absolute Gasteiger partial charge is 0.257 e. The van der Waals surface area contributed by atoms with Gasteiger partial charge in [0.05, 0.1) is 11.8 Å². The minimum atomic E-state index is 0.101. The van der Waals surface area contributed by atoms with Crippen LogP contribution >= 0.6 is 0 Å². The van der Waals surface area contributed by atoms with Crippen LogP contribution < -0.4 is 5.73 Å². The Labute approximate surface area is 108 Å². The highest BCUT2D eigenvalue weighted by molar-refractivity contribution is 5.95. The molecule has 2 heterocycles. The van der Waals surface area contributed by atoms with Gasteiger partial charge < -0.3 is 15.1 Å². The molecule has 1 aliphatic rings. The first-order valence-electron chi connectivity index (χ1n) is 6.74. The van der Waals surface area contributed by atoms with Crippen LogP contribution in [0.5, 0.6) is 0 Å². The summed E-state index contributed by atoms with van der Waals surface area (Å²) in [6.07, 6.45) is 4.36. The maximum atomic E-state index is 12.4. The van der Waals surface area contributed by atoms with Gasteiger partial charge in [-0.25, -0.2) is 0 Å². The van der Waals surface area contributed by atoms with Gasteiger partial charge in [0.1, 0.15) is 5.76 Å². The zero-order chi connectivity index (χ0) is 13.1. The van der Waals surface area contributed by atoms with E-state index < -0.39 is 0 Å². The second-order valence-electron chi connectivity index (χ2n) is 5.10. The SMILES string of the molecule is CCc1occc1C(=O)N1CCC(C(C)N)CC1. The van der Waals surface area contributed by atoms with Crippen molar-refractivity contribution in [1.29, 1.82) is 0 Å². The molecule has 1 aliphatic heterocycles. The number of furan rings is 1. The molecule has 4 heteroatoms. The molecule has 1 atom stereocenters. The first-order valence-corrected chi connectivity index (χ1v) is 6.74. The Hall–Kier alpha value is -1.29. The fourth-order valence-electron chi connectivity index (χ4n) is 2.60. The number of aryl methyl sites for hydroxylation is 1. The third-order valence-corrected chi connectivity index (χ3v) is 3.87. The lowest BCUT2D eigenvalue weighted by Gasteiger charge is -2.33. The van der Waals surface area contributed by atoms with E-state index in [9.17, 15) is 4.79 Å². The molecule has 100 valence electrons. The summed E-state index contributed by atoms with van der Waals surface area (Å²) in [5.74, 6) is 1.43. The molecule has 1 amide bonds. The van der Waals surface area contributed by atoms with E-state index in [0.29, 0.717) is 5.92 Å². The van der Waals surface area contributed by atoms with E-state index in [1.807, 2.05) is 18.7 Å². The van der Waals surface area contributed by atoms with E-state index in [0.717, 1.165) is 43.7 Å². The van der Waals surface area contributed by atoms with E-state index in [-0.39, 0.29) is 11.9 Å². The van der Waals surface area contributed by atoms with Gasteiger partial charge in [-0.1, -0.05) is 6.92 Å². The minimum absolute atomic E-state index is 0.101. The zero-order valence-electron chi connectivity index (χ0n) is 11.2. The predicted molar refractivity (Wildman–Crippen MR) is 70.4 cm³/mol. The summed E-state index contributed by atoms with van der Waals surface area (Å²) in [4.78, 5) is 14.3. The molecule has 4 nitrogen and oxygen atoms in total. The van der Waals surface area contributed by atoms with Crippen molar-refractivity contribution in [3.8, 4) is 0 Å². The summed E-state index contributed by atoms with van der Waals surface area (Å²) in [5, 5.41) is 0. The Bertz CT molecular complexity index is 404. The third kappa shape index (κ3) is 2.58. The van der Waals surface area contributed by atoms with E-state index in [4.69, 9.17) is 10.2 Å². The first kappa shape index (κ1) is 13.1. The van der Waals surface area contributed by atoms with Gasteiger partial charge in [0.25, 0.3) is 5.91 Å². The van der Waals surface area contributed by atoms with E-state index >= 15 is 0 Å². The van der Waals surface area contributed by atoms with Gasteiger partial charge in [-0.2, -0.15) is 0 Å². The maximum absolute atomic E-state index is 12.4. The molecule has 1 saturated heterocycles. The van der Waals surface area contributed by atoms with Gasteiger partial charge >= 0.3 is 0 Å². The van der Waals surface area contributed by atoms with Crippen molar-refractivity contribution < 1.29 is 9.21 Å². The van der Waals surface area contributed by atoms with Crippen molar-refractivity contribution in [2.45, 2.75) is 39.2 Å². The monoisotopic (exact) mass is 250 g/mol. The van der Waals surface area contributed by atoms with Crippen molar-refractivity contribution in [3.63, 3.8) is 0 Å². The molecule has 0 aromatic carbocycles. The van der Waals surface area contributed by atoms with Crippen molar-refractivity contribution in [2.24, 2.45) is 11.7 Å². The summed E-state index contributed by atoms with van der Waals surface area (Å²) in [5.41, 5.74) is 6.63. The summed E-state index contributed by atoms with van der Waals surface area (Å²) >= 11 is 0. The molecule has 1 aromatic rings. The van der Waals surface area contributed by atoms with Gasteiger partial charge in [-0.15, -0.1) is 0 Å². The lowest BCUT2D eigenvalue weighted by atomic mass is 9.90. The summed E-state index contributed by atoms with van der Waals surface area (Å²) < 4.78 is 5.32. The number of amides is 1. The topological polar surface area (TPSA) is 59.5 Å². The number of hydrogen-bond donors (Lipinski definition) is 1. The van der Waals surface area contributed by atoms with E-state index in [1.165, 1.54) is 0 Å². The Morgan fingerprint density at radius 3 is 2.78 bits per heavy atom. The molecular weight excluding hydrogens is 228 g/mol. The van der Waals surface area contributed by atoms with Crippen LogP contribution in [0.2, 0.25) is 0 Å². The van der Waals surface area contributed by atoms with Crippen molar-refractivity contribution in [2.75, 3.05) is 13.1 Å². The number of nitrogens with two attached hydrogens (primary N) is 1. The lowest BCUT2D eigenvalue weighted by Crippen LogP contribution is -2.42. The summed E-state index contributed by atoms with van der Waals surface area (Å²) in [7, 11) is 0. The van der Waals surface area contributed by atoms with E-state index in [1.54, 1.807) is 12.3 Å². The molecule has 0 bridgehead atoms. The number of likely N-dealkylation sites (tertiary alicyclic amines) is 1. The molecule has 0 radical (unpaired) electrons. The Morgan fingerprint density at radius 1 is 1.56 bits per heavy atom. The van der Waals surface area contributed by atoms with Gasteiger partial charge in [0.15, 0.2) is 0 Å². The number of carbonyl (C=O) groups is 1. The van der Waals surface area contributed by atoms with Crippen LogP contribution in [0.15, 0.2) is 16.7 Å². The molecule has 1 aromatic heterocycles. The van der Waals surface area contributed by atoms with Crippen LogP contribution in [0.1, 0.15) is 42.8 Å². The predicted octanol–water partition coefficient (Wildman–Crippen LogP) is 2.04. The number of hydrogen-bond acceptors (Lipinski definition) is 3. The fraction of sp³-hybridized carbons (Fsp3) is 0.643. The average Bonchev–Trinajstić information content (AvgIpc) is 2.86. The van der Waals surface area contributed by atoms with Crippen LogP contribution in [0.3, 0.4) is 0 Å². The molecule has 2 N–H and O–H groups in total. The van der Waals surface area contributed by atoms with Crippen LogP contribution in [-0.2, 0) is 6.42 Å². The lowest BCUT2D eigenvalue weighted by molar-refractivity contribution is 0.0679. The maximum Gasteiger partial charge on any atom is 0.257 e. The van der Waals surface area contributed by atoms with Gasteiger partial charge in [-0.3, -0.25) is 4.79 Å². The molecule has 0 spiro atoms. The Balaban J connectivity index is 2.00. The molecule has 0 aliphatic carbocycles. The normalized spacial score (nSPS) is 18.9. The highest BCUT2D eigenvalue weighted by Crippen LogP contribution is 2.22. The van der Waals surface area contributed by atoms with Gasteiger partial charge in [-0.05, 0) is 31.7 Å². The number of rotatable bonds is 3. The van der Waals surface area contributed by atoms with E-state index in [2.05, 4.69) is 0 Å². The summed E-state index contributed by atoms with van der Waals surface area (Å²) in [6, 6.07) is 2.00. The van der Waals surface area contributed by atoms with Crippen LogP contribution in [0.4, 0.5) is 0 Å². The molecular formula is C14H22N2O2. The number of carbonyl (C=O) groups excluding carboxylic acids is 1. The quantitative estimate of drug-likeness (QED) is 0.893. The molecule has 1 fully saturated rings.